The van der Waals surface area contributed by atoms with Crippen LogP contribution in [0.3, 0.4) is 0 Å². The summed E-state index contributed by atoms with van der Waals surface area (Å²) in [5, 5.41) is 6.17. The van der Waals surface area contributed by atoms with Gasteiger partial charge in [-0.15, -0.1) is 0 Å². The molecule has 0 saturated heterocycles. The number of rotatable bonds is 4. The molecule has 108 valence electrons. The third-order valence-electron chi connectivity index (χ3n) is 4.80. The number of hydrogen-bond donors (Lipinski definition) is 2. The second-order valence-electron chi connectivity index (χ2n) is 6.45. The summed E-state index contributed by atoms with van der Waals surface area (Å²) in [5.74, 6) is 0. The average molecular weight is 272 g/mol. The molecule has 0 radical (unpaired) electrons. The number of benzene rings is 1. The summed E-state index contributed by atoms with van der Waals surface area (Å²) in [6.07, 6.45) is 7.13. The van der Waals surface area contributed by atoms with E-state index in [0.717, 1.165) is 19.4 Å². The van der Waals surface area contributed by atoms with E-state index in [1.54, 1.807) is 0 Å². The van der Waals surface area contributed by atoms with Crippen molar-refractivity contribution < 1.29 is 4.79 Å². The van der Waals surface area contributed by atoms with Gasteiger partial charge in [-0.05, 0) is 38.2 Å². The zero-order valence-electron chi connectivity index (χ0n) is 12.2. The lowest BCUT2D eigenvalue weighted by atomic mass is 9.95. The molecule has 2 N–H and O–H groups in total. The Labute approximate surface area is 121 Å². The van der Waals surface area contributed by atoms with Crippen LogP contribution in [0.1, 0.15) is 49.7 Å². The van der Waals surface area contributed by atoms with Gasteiger partial charge in [0, 0.05) is 18.0 Å². The van der Waals surface area contributed by atoms with Crippen LogP contribution in [-0.4, -0.2) is 18.6 Å². The van der Waals surface area contributed by atoms with Gasteiger partial charge in [0.15, 0.2) is 0 Å². The number of hydrogen-bond acceptors (Lipinski definition) is 1. The van der Waals surface area contributed by atoms with Crippen molar-refractivity contribution in [1.82, 2.24) is 10.6 Å². The molecule has 2 aliphatic carbocycles. The Balaban J connectivity index is 1.52. The van der Waals surface area contributed by atoms with Gasteiger partial charge in [-0.2, -0.15) is 0 Å². The van der Waals surface area contributed by atoms with Gasteiger partial charge in [0.25, 0.3) is 0 Å². The van der Waals surface area contributed by atoms with Gasteiger partial charge in [0.2, 0.25) is 0 Å². The Bertz CT molecular complexity index is 470. The quantitative estimate of drug-likeness (QED) is 0.868. The van der Waals surface area contributed by atoms with Gasteiger partial charge in [-0.25, -0.2) is 4.79 Å². The highest BCUT2D eigenvalue weighted by atomic mass is 16.2. The molecular formula is C17H24N2O. The Morgan fingerprint density at radius 3 is 2.45 bits per heavy atom. The van der Waals surface area contributed by atoms with Crippen LogP contribution in [-0.2, 0) is 5.41 Å². The van der Waals surface area contributed by atoms with Crippen LogP contribution in [0, 0.1) is 6.92 Å². The predicted molar refractivity (Wildman–Crippen MR) is 80.9 cm³/mol. The summed E-state index contributed by atoms with van der Waals surface area (Å²) in [5.41, 5.74) is 2.85. The molecule has 3 heteroatoms. The molecule has 0 aromatic heterocycles. The minimum atomic E-state index is 0.00952. The third-order valence-corrected chi connectivity index (χ3v) is 4.80. The maximum atomic E-state index is 11.9. The first-order valence-corrected chi connectivity index (χ1v) is 7.79. The second kappa shape index (κ2) is 5.47. The molecule has 0 bridgehead atoms. The summed E-state index contributed by atoms with van der Waals surface area (Å²) >= 11 is 0. The minimum Gasteiger partial charge on any atom is -0.337 e. The molecule has 2 saturated carbocycles. The largest absolute Gasteiger partial charge is 0.337 e. The Morgan fingerprint density at radius 1 is 1.20 bits per heavy atom. The van der Waals surface area contributed by atoms with Crippen LogP contribution in [0.5, 0.6) is 0 Å². The van der Waals surface area contributed by atoms with Gasteiger partial charge in [0.05, 0.1) is 0 Å². The summed E-state index contributed by atoms with van der Waals surface area (Å²) in [6, 6.07) is 9.14. The van der Waals surface area contributed by atoms with Crippen LogP contribution in [0.25, 0.3) is 0 Å². The van der Waals surface area contributed by atoms with Crippen molar-refractivity contribution in [1.29, 1.82) is 0 Å². The highest BCUT2D eigenvalue weighted by molar-refractivity contribution is 5.74. The smallest absolute Gasteiger partial charge is 0.315 e. The van der Waals surface area contributed by atoms with Gasteiger partial charge < -0.3 is 10.6 Å². The molecule has 3 nitrogen and oxygen atoms in total. The van der Waals surface area contributed by atoms with Crippen molar-refractivity contribution in [3.05, 3.63) is 35.4 Å². The van der Waals surface area contributed by atoms with E-state index in [9.17, 15) is 4.79 Å². The minimum absolute atomic E-state index is 0.00952. The molecule has 2 amide bonds. The van der Waals surface area contributed by atoms with E-state index >= 15 is 0 Å². The van der Waals surface area contributed by atoms with Crippen molar-refractivity contribution >= 4 is 6.03 Å². The first kappa shape index (κ1) is 13.5. The number of aryl methyl sites for hydroxylation is 1. The second-order valence-corrected chi connectivity index (χ2v) is 6.45. The summed E-state index contributed by atoms with van der Waals surface area (Å²) in [4.78, 5) is 11.9. The molecule has 3 rings (SSSR count). The molecule has 2 fully saturated rings. The number of amides is 2. The molecule has 20 heavy (non-hydrogen) atoms. The highest BCUT2D eigenvalue weighted by Crippen LogP contribution is 2.47. The van der Waals surface area contributed by atoms with Gasteiger partial charge in [0.1, 0.15) is 0 Å². The fourth-order valence-corrected chi connectivity index (χ4v) is 3.18. The maximum absolute atomic E-state index is 11.9. The van der Waals surface area contributed by atoms with Gasteiger partial charge in [-0.1, -0.05) is 42.7 Å². The average Bonchev–Trinajstić information content (AvgIpc) is 3.07. The van der Waals surface area contributed by atoms with E-state index in [1.807, 2.05) is 0 Å². The SMILES string of the molecule is Cc1ccc(C2(CNC(=O)NC3CCCC3)CC2)cc1. The molecule has 1 aromatic carbocycles. The first-order valence-electron chi connectivity index (χ1n) is 7.79. The lowest BCUT2D eigenvalue weighted by Crippen LogP contribution is -2.43. The number of carbonyl (C=O) groups excluding carboxylic acids is 1. The van der Waals surface area contributed by atoms with Gasteiger partial charge >= 0.3 is 6.03 Å². The first-order chi connectivity index (χ1) is 9.68. The summed E-state index contributed by atoms with van der Waals surface area (Å²) in [7, 11) is 0. The fraction of sp³-hybridized carbons (Fsp3) is 0.588. The van der Waals surface area contributed by atoms with Crippen molar-refractivity contribution in [3.63, 3.8) is 0 Å². The van der Waals surface area contributed by atoms with Crippen LogP contribution in [0.15, 0.2) is 24.3 Å². The molecule has 1 aromatic rings. The highest BCUT2D eigenvalue weighted by Gasteiger charge is 2.44. The summed E-state index contributed by atoms with van der Waals surface area (Å²) < 4.78 is 0. The zero-order chi connectivity index (χ0) is 14.0. The van der Waals surface area contributed by atoms with Gasteiger partial charge in [-0.3, -0.25) is 0 Å². The van der Waals surface area contributed by atoms with E-state index in [-0.39, 0.29) is 11.4 Å². The van der Waals surface area contributed by atoms with Crippen LogP contribution in [0.4, 0.5) is 4.79 Å². The van der Waals surface area contributed by atoms with Crippen LogP contribution in [0.2, 0.25) is 0 Å². The number of urea groups is 1. The monoisotopic (exact) mass is 272 g/mol. The molecule has 0 atom stereocenters. The summed E-state index contributed by atoms with van der Waals surface area (Å²) in [6.45, 7) is 2.87. The lowest BCUT2D eigenvalue weighted by molar-refractivity contribution is 0.236. The van der Waals surface area contributed by atoms with Crippen molar-refractivity contribution in [3.8, 4) is 0 Å². The molecule has 0 unspecified atom stereocenters. The zero-order valence-corrected chi connectivity index (χ0v) is 12.2. The molecule has 0 heterocycles. The topological polar surface area (TPSA) is 41.1 Å². The third kappa shape index (κ3) is 2.97. The molecule has 2 aliphatic rings. The van der Waals surface area contributed by atoms with Crippen molar-refractivity contribution in [2.45, 2.75) is 56.9 Å². The van der Waals surface area contributed by atoms with E-state index in [0.29, 0.717) is 6.04 Å². The van der Waals surface area contributed by atoms with E-state index < -0.39 is 0 Å². The Morgan fingerprint density at radius 2 is 1.85 bits per heavy atom. The predicted octanol–water partition coefficient (Wildman–Crippen LogP) is 3.27. The van der Waals surface area contributed by atoms with E-state index in [4.69, 9.17) is 0 Å². The fourth-order valence-electron chi connectivity index (χ4n) is 3.18. The standard InChI is InChI=1S/C17H24N2O/c1-13-6-8-14(9-7-13)17(10-11-17)12-18-16(20)19-15-4-2-3-5-15/h6-9,15H,2-5,10-12H2,1H3,(H2,18,19,20). The van der Waals surface area contributed by atoms with Crippen molar-refractivity contribution in [2.24, 2.45) is 0 Å². The number of nitrogens with one attached hydrogen (secondary N) is 2. The Hall–Kier alpha value is -1.51. The lowest BCUT2D eigenvalue weighted by Gasteiger charge is -2.19. The normalized spacial score (nSPS) is 20.6. The molecule has 0 aliphatic heterocycles. The Kier molecular flexibility index (Phi) is 3.68. The molecular weight excluding hydrogens is 248 g/mol. The maximum Gasteiger partial charge on any atom is 0.315 e. The van der Waals surface area contributed by atoms with E-state index in [1.165, 1.54) is 36.8 Å². The molecule has 0 spiro atoms. The van der Waals surface area contributed by atoms with Crippen LogP contribution < -0.4 is 10.6 Å². The van der Waals surface area contributed by atoms with E-state index in [2.05, 4.69) is 41.8 Å². The number of carbonyl (C=O) groups is 1. The van der Waals surface area contributed by atoms with Crippen LogP contribution >= 0.6 is 0 Å². The van der Waals surface area contributed by atoms with Crippen molar-refractivity contribution in [2.75, 3.05) is 6.54 Å².